The third-order valence-electron chi connectivity index (χ3n) is 2.59. The van der Waals surface area contributed by atoms with Gasteiger partial charge in [-0.2, -0.15) is 0 Å². The van der Waals surface area contributed by atoms with E-state index in [1.165, 1.54) is 0 Å². The largest absolute Gasteiger partial charge is 0.306 e. The first-order valence-corrected chi connectivity index (χ1v) is 4.47. The van der Waals surface area contributed by atoms with Gasteiger partial charge < -0.3 is 5.32 Å². The number of rotatable bonds is 0. The molecule has 0 saturated heterocycles. The lowest BCUT2D eigenvalue weighted by molar-refractivity contribution is 0.103. The molecule has 0 bridgehead atoms. The first kappa shape index (κ1) is 7.50. The Hall–Kier alpha value is -1.90. The predicted octanol–water partition coefficient (Wildman–Crippen LogP) is 2.11. The maximum absolute atomic E-state index is 11.5. The highest BCUT2D eigenvalue weighted by Crippen LogP contribution is 2.32. The zero-order chi connectivity index (χ0) is 9.71. The van der Waals surface area contributed by atoms with Gasteiger partial charge in [-0.3, -0.25) is 4.79 Å². The number of anilines is 1. The number of hydrogen-bond acceptors (Lipinski definition) is 2. The number of carbonyl (C=O) groups excluding carboxylic acids is 1. The summed E-state index contributed by atoms with van der Waals surface area (Å²) in [6.45, 7) is 2.00. The lowest BCUT2D eigenvalue weighted by Crippen LogP contribution is -2.04. The Labute approximate surface area is 80.8 Å². The molecule has 1 N–H and O–H groups in total. The van der Waals surface area contributed by atoms with E-state index in [0.717, 1.165) is 21.9 Å². The number of amides is 1. The van der Waals surface area contributed by atoms with Gasteiger partial charge in [-0.1, -0.05) is 12.1 Å². The minimum atomic E-state index is -0.0521. The summed E-state index contributed by atoms with van der Waals surface area (Å²) in [5.74, 6) is 0.634. The van der Waals surface area contributed by atoms with Gasteiger partial charge in [0.15, 0.2) is 0 Å². The highest BCUT2D eigenvalue weighted by molar-refractivity contribution is 6.23. The second-order valence-electron chi connectivity index (χ2n) is 3.47. The number of carbonyl (C=O) groups is 1. The summed E-state index contributed by atoms with van der Waals surface area (Å²) in [5, 5.41) is 4.81. The van der Waals surface area contributed by atoms with Crippen molar-refractivity contribution in [3.05, 3.63) is 35.5 Å². The third-order valence-corrected chi connectivity index (χ3v) is 2.59. The quantitative estimate of drug-likeness (QED) is 0.681. The van der Waals surface area contributed by atoms with Crippen molar-refractivity contribution in [2.24, 2.45) is 0 Å². The number of nitrogens with zero attached hydrogens (tertiary/aromatic N) is 1. The normalized spacial score (nSPS) is 13.4. The van der Waals surface area contributed by atoms with Crippen molar-refractivity contribution < 1.29 is 4.79 Å². The Morgan fingerprint density at radius 2 is 2.21 bits per heavy atom. The van der Waals surface area contributed by atoms with Gasteiger partial charge >= 0.3 is 0 Å². The molecule has 0 spiro atoms. The Balaban J connectivity index is 2.58. The van der Waals surface area contributed by atoms with E-state index in [9.17, 15) is 4.79 Å². The van der Waals surface area contributed by atoms with Gasteiger partial charge in [-0.25, -0.2) is 4.98 Å². The smallest absolute Gasteiger partial charge is 0.257 e. The summed E-state index contributed by atoms with van der Waals surface area (Å²) >= 11 is 0. The molecule has 1 aliphatic heterocycles. The molecule has 0 radical (unpaired) electrons. The van der Waals surface area contributed by atoms with Gasteiger partial charge in [0.05, 0.1) is 5.56 Å². The predicted molar refractivity (Wildman–Crippen MR) is 54.4 cm³/mol. The summed E-state index contributed by atoms with van der Waals surface area (Å²) in [4.78, 5) is 15.7. The summed E-state index contributed by atoms with van der Waals surface area (Å²) in [5.41, 5.74) is 1.83. The lowest BCUT2D eigenvalue weighted by Gasteiger charge is -2.01. The van der Waals surface area contributed by atoms with Crippen LogP contribution in [0.15, 0.2) is 24.4 Å². The molecule has 0 aliphatic carbocycles. The molecule has 0 saturated carbocycles. The standard InChI is InChI=1S/C11H8N2O/c1-6-5-12-10-9-7(6)3-2-4-8(9)11(14)13-10/h2-5H,1H3,(H,12,13,14). The topological polar surface area (TPSA) is 42.0 Å². The van der Waals surface area contributed by atoms with E-state index in [4.69, 9.17) is 0 Å². The molecule has 0 unspecified atom stereocenters. The second-order valence-corrected chi connectivity index (χ2v) is 3.47. The van der Waals surface area contributed by atoms with Crippen molar-refractivity contribution in [1.82, 2.24) is 4.98 Å². The van der Waals surface area contributed by atoms with Crippen molar-refractivity contribution in [3.63, 3.8) is 0 Å². The van der Waals surface area contributed by atoms with Crippen molar-refractivity contribution in [1.29, 1.82) is 0 Å². The Kier molecular flexibility index (Phi) is 1.24. The first-order chi connectivity index (χ1) is 6.77. The van der Waals surface area contributed by atoms with Crippen molar-refractivity contribution in [2.45, 2.75) is 6.92 Å². The molecular formula is C11H8N2O. The molecule has 3 rings (SSSR count). The highest BCUT2D eigenvalue weighted by Gasteiger charge is 2.22. The molecule has 0 atom stereocenters. The molecule has 2 heterocycles. The number of nitrogens with one attached hydrogen (secondary N) is 1. The third kappa shape index (κ3) is 0.763. The van der Waals surface area contributed by atoms with Crippen LogP contribution in [-0.2, 0) is 0 Å². The van der Waals surface area contributed by atoms with Crippen LogP contribution in [0.1, 0.15) is 15.9 Å². The van der Waals surface area contributed by atoms with Gasteiger partial charge in [-0.05, 0) is 23.9 Å². The van der Waals surface area contributed by atoms with Crippen LogP contribution in [0.4, 0.5) is 5.82 Å². The van der Waals surface area contributed by atoms with Gasteiger partial charge in [0.2, 0.25) is 0 Å². The van der Waals surface area contributed by atoms with Gasteiger partial charge in [0.1, 0.15) is 5.82 Å². The summed E-state index contributed by atoms with van der Waals surface area (Å²) in [7, 11) is 0. The second kappa shape index (κ2) is 2.32. The molecule has 2 aromatic rings. The van der Waals surface area contributed by atoms with Crippen LogP contribution in [0.5, 0.6) is 0 Å². The van der Waals surface area contributed by atoms with E-state index in [2.05, 4.69) is 10.3 Å². The van der Waals surface area contributed by atoms with Crippen LogP contribution in [0.25, 0.3) is 10.8 Å². The van der Waals surface area contributed by atoms with E-state index in [-0.39, 0.29) is 5.91 Å². The molecule has 1 aromatic carbocycles. The zero-order valence-electron chi connectivity index (χ0n) is 7.66. The Morgan fingerprint density at radius 3 is 3.07 bits per heavy atom. The van der Waals surface area contributed by atoms with Crippen molar-refractivity contribution in [3.8, 4) is 0 Å². The average molecular weight is 184 g/mol. The molecule has 0 fully saturated rings. The fourth-order valence-electron chi connectivity index (χ4n) is 1.89. The highest BCUT2D eigenvalue weighted by atomic mass is 16.1. The molecule has 1 amide bonds. The number of pyridine rings is 1. The number of aryl methyl sites for hydroxylation is 1. The molecule has 3 nitrogen and oxygen atoms in total. The SMILES string of the molecule is Cc1cnc2c3c(cccc13)C(=O)N2. The van der Waals surface area contributed by atoms with Crippen LogP contribution in [-0.4, -0.2) is 10.9 Å². The molecule has 3 heteroatoms. The van der Waals surface area contributed by atoms with Crippen molar-refractivity contribution in [2.75, 3.05) is 5.32 Å². The maximum Gasteiger partial charge on any atom is 0.257 e. The van der Waals surface area contributed by atoms with Crippen LogP contribution in [0.2, 0.25) is 0 Å². The van der Waals surface area contributed by atoms with E-state index in [0.29, 0.717) is 5.82 Å². The molecular weight excluding hydrogens is 176 g/mol. The first-order valence-electron chi connectivity index (χ1n) is 4.47. The fourth-order valence-corrected chi connectivity index (χ4v) is 1.89. The van der Waals surface area contributed by atoms with E-state index in [1.807, 2.05) is 25.1 Å². The van der Waals surface area contributed by atoms with Crippen LogP contribution in [0, 0.1) is 6.92 Å². The van der Waals surface area contributed by atoms with Crippen molar-refractivity contribution >= 4 is 22.5 Å². The zero-order valence-corrected chi connectivity index (χ0v) is 7.66. The fraction of sp³-hybridized carbons (Fsp3) is 0.0909. The van der Waals surface area contributed by atoms with Crippen LogP contribution in [0.3, 0.4) is 0 Å². The number of aromatic nitrogens is 1. The van der Waals surface area contributed by atoms with E-state index >= 15 is 0 Å². The summed E-state index contributed by atoms with van der Waals surface area (Å²) in [6.07, 6.45) is 1.78. The maximum atomic E-state index is 11.5. The number of hydrogen-bond donors (Lipinski definition) is 1. The minimum Gasteiger partial charge on any atom is -0.306 e. The minimum absolute atomic E-state index is 0.0521. The summed E-state index contributed by atoms with van der Waals surface area (Å²) in [6, 6.07) is 5.74. The van der Waals surface area contributed by atoms with Gasteiger partial charge in [-0.15, -0.1) is 0 Å². The van der Waals surface area contributed by atoms with Gasteiger partial charge in [0.25, 0.3) is 5.91 Å². The number of benzene rings is 1. The van der Waals surface area contributed by atoms with Crippen LogP contribution < -0.4 is 5.32 Å². The molecule has 1 aromatic heterocycles. The Morgan fingerprint density at radius 1 is 1.36 bits per heavy atom. The molecule has 1 aliphatic rings. The van der Waals surface area contributed by atoms with Crippen LogP contribution >= 0.6 is 0 Å². The van der Waals surface area contributed by atoms with E-state index in [1.54, 1.807) is 6.20 Å². The summed E-state index contributed by atoms with van der Waals surface area (Å²) < 4.78 is 0. The lowest BCUT2D eigenvalue weighted by atomic mass is 10.0. The monoisotopic (exact) mass is 184 g/mol. The molecule has 68 valence electrons. The average Bonchev–Trinajstić information content (AvgIpc) is 2.52. The molecule has 14 heavy (non-hydrogen) atoms. The Bertz CT molecular complexity index is 560. The van der Waals surface area contributed by atoms with Gasteiger partial charge in [0, 0.05) is 11.6 Å². The van der Waals surface area contributed by atoms with E-state index < -0.39 is 0 Å².